The fraction of sp³-hybridized carbons (Fsp3) is 0.250. The normalized spacial score (nSPS) is 14.5. The Morgan fingerprint density at radius 1 is 1.12 bits per heavy atom. The van der Waals surface area contributed by atoms with Gasteiger partial charge in [0, 0.05) is 25.8 Å². The monoisotopic (exact) mass is 323 g/mol. The maximum Gasteiger partial charge on any atom is 0.231 e. The quantitative estimate of drug-likeness (QED) is 0.775. The van der Waals surface area contributed by atoms with Gasteiger partial charge in [0.05, 0.1) is 12.2 Å². The van der Waals surface area contributed by atoms with Crippen molar-refractivity contribution in [2.75, 3.05) is 25.6 Å². The topological polar surface area (TPSA) is 38.8 Å². The molecule has 0 saturated heterocycles. The number of carbonyl (C=O) groups excluding carboxylic acids is 1. The zero-order valence-corrected chi connectivity index (χ0v) is 14.2. The molecule has 0 fully saturated rings. The summed E-state index contributed by atoms with van der Waals surface area (Å²) >= 11 is 0. The van der Waals surface area contributed by atoms with E-state index >= 15 is 0 Å². The summed E-state index contributed by atoms with van der Waals surface area (Å²) < 4.78 is 11.3. The van der Waals surface area contributed by atoms with Crippen LogP contribution >= 0.6 is 0 Å². The molecule has 4 heteroatoms. The van der Waals surface area contributed by atoms with E-state index in [-0.39, 0.29) is 5.78 Å². The summed E-state index contributed by atoms with van der Waals surface area (Å²) in [5, 5.41) is 0. The van der Waals surface area contributed by atoms with Crippen LogP contribution in [-0.4, -0.2) is 26.5 Å². The standard InChI is InChI=1S/C20H21NO3/c1-4-11-23-16-9-10-17-18(13-16)24-19(20(17)22)12-14-5-7-15(8-6-14)21(2)3/h5-10,12-13H,4,11H2,1-3H3/b19-12-. The highest BCUT2D eigenvalue weighted by Crippen LogP contribution is 2.35. The van der Waals surface area contributed by atoms with Gasteiger partial charge in [-0.1, -0.05) is 19.1 Å². The van der Waals surface area contributed by atoms with Gasteiger partial charge in [-0.05, 0) is 42.3 Å². The van der Waals surface area contributed by atoms with Gasteiger partial charge in [0.15, 0.2) is 5.76 Å². The zero-order valence-electron chi connectivity index (χ0n) is 14.2. The number of anilines is 1. The first-order valence-corrected chi connectivity index (χ1v) is 8.07. The molecule has 0 atom stereocenters. The molecule has 124 valence electrons. The lowest BCUT2D eigenvalue weighted by molar-refractivity contribution is 0.101. The highest BCUT2D eigenvalue weighted by molar-refractivity contribution is 6.14. The molecule has 1 heterocycles. The number of carbonyl (C=O) groups is 1. The molecule has 2 aromatic rings. The van der Waals surface area contributed by atoms with Gasteiger partial charge in [-0.2, -0.15) is 0 Å². The van der Waals surface area contributed by atoms with E-state index in [0.717, 1.165) is 23.4 Å². The van der Waals surface area contributed by atoms with E-state index in [0.29, 0.717) is 23.7 Å². The number of Topliss-reactive ketones (excluding diaryl/α,β-unsaturated/α-hetero) is 1. The van der Waals surface area contributed by atoms with Crippen molar-refractivity contribution in [3.63, 3.8) is 0 Å². The van der Waals surface area contributed by atoms with Crippen LogP contribution in [0.4, 0.5) is 5.69 Å². The van der Waals surface area contributed by atoms with E-state index in [9.17, 15) is 4.79 Å². The molecule has 0 saturated carbocycles. The lowest BCUT2D eigenvalue weighted by atomic mass is 10.1. The van der Waals surface area contributed by atoms with E-state index in [1.807, 2.05) is 49.3 Å². The second-order valence-corrected chi connectivity index (χ2v) is 5.93. The molecular formula is C20H21NO3. The average molecular weight is 323 g/mol. The summed E-state index contributed by atoms with van der Waals surface area (Å²) in [6, 6.07) is 13.3. The SMILES string of the molecule is CCCOc1ccc2c(c1)O/C(=C\c1ccc(N(C)C)cc1)C2=O. The van der Waals surface area contributed by atoms with Gasteiger partial charge in [-0.3, -0.25) is 4.79 Å². The molecule has 0 radical (unpaired) electrons. The van der Waals surface area contributed by atoms with Crippen LogP contribution in [0.3, 0.4) is 0 Å². The highest BCUT2D eigenvalue weighted by Gasteiger charge is 2.27. The number of rotatable bonds is 5. The number of hydrogen-bond donors (Lipinski definition) is 0. The summed E-state index contributed by atoms with van der Waals surface area (Å²) in [6.45, 7) is 2.70. The van der Waals surface area contributed by atoms with Crippen LogP contribution < -0.4 is 14.4 Å². The molecule has 4 nitrogen and oxygen atoms in total. The predicted octanol–water partition coefficient (Wildman–Crippen LogP) is 4.16. The van der Waals surface area contributed by atoms with Gasteiger partial charge >= 0.3 is 0 Å². The molecule has 3 rings (SSSR count). The minimum absolute atomic E-state index is 0.0938. The van der Waals surface area contributed by atoms with Gasteiger partial charge in [-0.15, -0.1) is 0 Å². The smallest absolute Gasteiger partial charge is 0.231 e. The maximum atomic E-state index is 12.5. The van der Waals surface area contributed by atoms with Gasteiger partial charge in [0.2, 0.25) is 5.78 Å². The fourth-order valence-electron chi connectivity index (χ4n) is 2.50. The number of ether oxygens (including phenoxy) is 2. The van der Waals surface area contributed by atoms with Gasteiger partial charge in [0.1, 0.15) is 11.5 Å². The summed E-state index contributed by atoms with van der Waals surface area (Å²) in [5.41, 5.74) is 2.62. The number of nitrogens with zero attached hydrogens (tertiary/aromatic N) is 1. The third-order valence-corrected chi connectivity index (χ3v) is 3.82. The van der Waals surface area contributed by atoms with Crippen LogP contribution in [-0.2, 0) is 0 Å². The van der Waals surface area contributed by atoms with Gasteiger partial charge < -0.3 is 14.4 Å². The summed E-state index contributed by atoms with van der Waals surface area (Å²) in [7, 11) is 3.98. The van der Waals surface area contributed by atoms with Crippen LogP contribution in [0, 0.1) is 0 Å². The van der Waals surface area contributed by atoms with E-state index < -0.39 is 0 Å². The van der Waals surface area contributed by atoms with Crippen LogP contribution in [0.5, 0.6) is 11.5 Å². The Hall–Kier alpha value is -2.75. The largest absolute Gasteiger partial charge is 0.493 e. The van der Waals surface area contributed by atoms with Gasteiger partial charge in [0.25, 0.3) is 0 Å². The Kier molecular flexibility index (Phi) is 4.56. The van der Waals surface area contributed by atoms with E-state index in [1.54, 1.807) is 18.2 Å². The molecule has 1 aliphatic heterocycles. The Balaban J connectivity index is 1.81. The lowest BCUT2D eigenvalue weighted by Gasteiger charge is -2.11. The van der Waals surface area contributed by atoms with Crippen LogP contribution in [0.2, 0.25) is 0 Å². The number of benzene rings is 2. The number of hydrogen-bond acceptors (Lipinski definition) is 4. The molecule has 0 N–H and O–H groups in total. The first kappa shape index (κ1) is 16.1. The summed E-state index contributed by atoms with van der Waals surface area (Å²) in [4.78, 5) is 14.5. The van der Waals surface area contributed by atoms with Crippen molar-refractivity contribution < 1.29 is 14.3 Å². The third kappa shape index (κ3) is 3.27. The zero-order chi connectivity index (χ0) is 17.1. The van der Waals surface area contributed by atoms with Crippen LogP contribution in [0.15, 0.2) is 48.2 Å². The van der Waals surface area contributed by atoms with Crippen molar-refractivity contribution in [2.45, 2.75) is 13.3 Å². The van der Waals surface area contributed by atoms with E-state index in [1.165, 1.54) is 0 Å². The number of allylic oxidation sites excluding steroid dienone is 1. The molecular weight excluding hydrogens is 302 g/mol. The minimum atomic E-state index is -0.0938. The van der Waals surface area contributed by atoms with Crippen molar-refractivity contribution in [2.24, 2.45) is 0 Å². The fourth-order valence-corrected chi connectivity index (χ4v) is 2.50. The van der Waals surface area contributed by atoms with Crippen molar-refractivity contribution >= 4 is 17.5 Å². The molecule has 0 aliphatic carbocycles. The van der Waals surface area contributed by atoms with Crippen LogP contribution in [0.25, 0.3) is 6.08 Å². The Bertz CT molecular complexity index is 776. The van der Waals surface area contributed by atoms with E-state index in [4.69, 9.17) is 9.47 Å². The number of ketones is 1. The first-order valence-electron chi connectivity index (χ1n) is 8.07. The molecule has 0 bridgehead atoms. The second-order valence-electron chi connectivity index (χ2n) is 5.93. The predicted molar refractivity (Wildman–Crippen MR) is 95.9 cm³/mol. The molecule has 0 spiro atoms. The molecule has 1 aliphatic rings. The second kappa shape index (κ2) is 6.79. The molecule has 2 aromatic carbocycles. The van der Waals surface area contributed by atoms with Crippen molar-refractivity contribution in [3.8, 4) is 11.5 Å². The molecule has 0 aromatic heterocycles. The lowest BCUT2D eigenvalue weighted by Crippen LogP contribution is -2.08. The molecule has 24 heavy (non-hydrogen) atoms. The van der Waals surface area contributed by atoms with E-state index in [2.05, 4.69) is 6.92 Å². The Morgan fingerprint density at radius 2 is 1.88 bits per heavy atom. The highest BCUT2D eigenvalue weighted by atomic mass is 16.5. The van der Waals surface area contributed by atoms with Crippen molar-refractivity contribution in [1.82, 2.24) is 0 Å². The summed E-state index contributed by atoms with van der Waals surface area (Å²) in [6.07, 6.45) is 2.71. The maximum absolute atomic E-state index is 12.5. The average Bonchev–Trinajstić information content (AvgIpc) is 2.89. The summed E-state index contributed by atoms with van der Waals surface area (Å²) in [5.74, 6) is 1.53. The van der Waals surface area contributed by atoms with Crippen molar-refractivity contribution in [3.05, 3.63) is 59.4 Å². The number of fused-ring (bicyclic) bond motifs is 1. The van der Waals surface area contributed by atoms with Gasteiger partial charge in [-0.25, -0.2) is 0 Å². The first-order chi connectivity index (χ1) is 11.6. The Morgan fingerprint density at radius 3 is 2.54 bits per heavy atom. The van der Waals surface area contributed by atoms with Crippen molar-refractivity contribution in [1.29, 1.82) is 0 Å². The van der Waals surface area contributed by atoms with Crippen LogP contribution in [0.1, 0.15) is 29.3 Å². The minimum Gasteiger partial charge on any atom is -0.493 e. The molecule has 0 unspecified atom stereocenters. The third-order valence-electron chi connectivity index (χ3n) is 3.82. The Labute approximate surface area is 142 Å². The molecule has 0 amide bonds.